The first kappa shape index (κ1) is 15.8. The van der Waals surface area contributed by atoms with E-state index in [2.05, 4.69) is 5.32 Å². The minimum Gasteiger partial charge on any atom is -0.464 e. The summed E-state index contributed by atoms with van der Waals surface area (Å²) < 4.78 is 5.30. The summed E-state index contributed by atoms with van der Waals surface area (Å²) in [5, 5.41) is 3.63. The lowest BCUT2D eigenvalue weighted by Gasteiger charge is -2.08. The summed E-state index contributed by atoms with van der Waals surface area (Å²) in [6, 6.07) is 14.3. The van der Waals surface area contributed by atoms with Gasteiger partial charge in [-0.25, -0.2) is 0 Å². The van der Waals surface area contributed by atoms with Crippen LogP contribution >= 0.6 is 0 Å². The van der Waals surface area contributed by atoms with E-state index in [-0.39, 0.29) is 5.91 Å². The van der Waals surface area contributed by atoms with Gasteiger partial charge in [0.25, 0.3) is 5.91 Å². The fourth-order valence-electron chi connectivity index (χ4n) is 2.62. The Hall–Kier alpha value is -3.08. The number of hydrogen-bond donors (Lipinski definition) is 2. The second kappa shape index (κ2) is 7.00. The number of amides is 2. The molecule has 5 nitrogen and oxygen atoms in total. The summed E-state index contributed by atoms with van der Waals surface area (Å²) in [4.78, 5) is 23.7. The summed E-state index contributed by atoms with van der Waals surface area (Å²) in [6.45, 7) is 0.389. The van der Waals surface area contributed by atoms with Gasteiger partial charge < -0.3 is 15.5 Å². The molecule has 3 N–H and O–H groups in total. The highest BCUT2D eigenvalue weighted by Crippen LogP contribution is 2.19. The van der Waals surface area contributed by atoms with E-state index in [1.165, 1.54) is 0 Å². The quantitative estimate of drug-likeness (QED) is 0.685. The zero-order chi connectivity index (χ0) is 16.9. The Bertz CT molecular complexity index is 883. The summed E-state index contributed by atoms with van der Waals surface area (Å²) in [5.74, 6) is -0.615. The molecule has 3 rings (SSSR count). The molecular weight excluding hydrogens is 304 g/mol. The van der Waals surface area contributed by atoms with Crippen LogP contribution in [-0.4, -0.2) is 18.4 Å². The van der Waals surface area contributed by atoms with Crippen LogP contribution in [0.2, 0.25) is 0 Å². The Morgan fingerprint density at radius 3 is 2.67 bits per heavy atom. The van der Waals surface area contributed by atoms with Gasteiger partial charge in [0.1, 0.15) is 5.58 Å². The van der Waals surface area contributed by atoms with Crippen molar-refractivity contribution in [3.63, 3.8) is 0 Å². The number of benzene rings is 2. The number of rotatable bonds is 6. The van der Waals surface area contributed by atoms with Crippen molar-refractivity contribution >= 4 is 22.8 Å². The van der Waals surface area contributed by atoms with Crippen LogP contribution in [0.5, 0.6) is 0 Å². The highest BCUT2D eigenvalue weighted by Gasteiger charge is 2.11. The van der Waals surface area contributed by atoms with Gasteiger partial charge in [-0.05, 0) is 42.7 Å². The number of carbonyl (C=O) groups is 2. The number of nitrogens with two attached hydrogens (primary N) is 1. The van der Waals surface area contributed by atoms with Crippen LogP contribution in [-0.2, 0) is 6.42 Å². The van der Waals surface area contributed by atoms with Crippen molar-refractivity contribution in [1.29, 1.82) is 0 Å². The molecule has 1 radical (unpaired) electrons. The topological polar surface area (TPSA) is 85.3 Å². The zero-order valence-corrected chi connectivity index (χ0v) is 13.0. The average molecular weight is 321 g/mol. The third kappa shape index (κ3) is 3.30. The molecule has 5 heteroatoms. The maximum atomic E-state index is 12.3. The van der Waals surface area contributed by atoms with Gasteiger partial charge in [-0.2, -0.15) is 0 Å². The fourth-order valence-corrected chi connectivity index (χ4v) is 2.62. The fraction of sp³-hybridized carbons (Fsp3) is 0.105. The highest BCUT2D eigenvalue weighted by molar-refractivity contribution is 6.05. The first-order valence-corrected chi connectivity index (χ1v) is 7.60. The number of furan rings is 1. The van der Waals surface area contributed by atoms with Crippen molar-refractivity contribution in [3.8, 4) is 0 Å². The summed E-state index contributed by atoms with van der Waals surface area (Å²) in [6.07, 6.45) is 4.01. The monoisotopic (exact) mass is 321 g/mol. The number of primary amides is 1. The average Bonchev–Trinajstić information content (AvgIpc) is 3.07. The van der Waals surface area contributed by atoms with Gasteiger partial charge in [-0.1, -0.05) is 24.3 Å². The van der Waals surface area contributed by atoms with Crippen LogP contribution in [0.3, 0.4) is 0 Å². The van der Waals surface area contributed by atoms with E-state index in [1.807, 2.05) is 24.6 Å². The third-order valence-corrected chi connectivity index (χ3v) is 3.79. The maximum absolute atomic E-state index is 12.3. The zero-order valence-electron chi connectivity index (χ0n) is 13.0. The standard InChI is InChI=1S/C19H17N2O3/c20-18(22)14-7-2-1-5-13(14)6-4-11-21-19(23)16-8-3-9-17-15(16)10-12-24-17/h1-5,7-10,12H,6,11H2,(H2,20,22)(H,21,23). The molecule has 121 valence electrons. The van der Waals surface area contributed by atoms with Gasteiger partial charge in [0.2, 0.25) is 5.91 Å². The smallest absolute Gasteiger partial charge is 0.252 e. The van der Waals surface area contributed by atoms with E-state index in [4.69, 9.17) is 10.2 Å². The van der Waals surface area contributed by atoms with E-state index < -0.39 is 5.91 Å². The Labute approximate surface area is 139 Å². The molecule has 0 aliphatic heterocycles. The van der Waals surface area contributed by atoms with Crippen LogP contribution in [0, 0.1) is 6.42 Å². The van der Waals surface area contributed by atoms with Gasteiger partial charge >= 0.3 is 0 Å². The molecule has 0 bridgehead atoms. The minimum absolute atomic E-state index is 0.165. The van der Waals surface area contributed by atoms with Crippen LogP contribution in [0.25, 0.3) is 11.0 Å². The van der Waals surface area contributed by atoms with Crippen molar-refractivity contribution in [2.75, 3.05) is 6.54 Å². The second-order valence-corrected chi connectivity index (χ2v) is 5.36. The molecular formula is C19H17N2O3. The lowest BCUT2D eigenvalue weighted by Crippen LogP contribution is -2.25. The van der Waals surface area contributed by atoms with E-state index in [9.17, 15) is 9.59 Å². The van der Waals surface area contributed by atoms with Crippen molar-refractivity contribution in [2.24, 2.45) is 5.73 Å². The molecule has 3 aromatic rings. The van der Waals surface area contributed by atoms with Gasteiger partial charge in [0, 0.05) is 17.5 Å². The first-order chi connectivity index (χ1) is 11.7. The molecule has 0 saturated carbocycles. The molecule has 0 aliphatic rings. The Morgan fingerprint density at radius 1 is 1.04 bits per heavy atom. The van der Waals surface area contributed by atoms with E-state index in [0.717, 1.165) is 10.9 Å². The van der Waals surface area contributed by atoms with Gasteiger partial charge in [0.15, 0.2) is 0 Å². The second-order valence-electron chi connectivity index (χ2n) is 5.36. The van der Waals surface area contributed by atoms with Crippen molar-refractivity contribution in [1.82, 2.24) is 5.32 Å². The summed E-state index contributed by atoms with van der Waals surface area (Å²) in [7, 11) is 0. The van der Waals surface area contributed by atoms with Crippen LogP contribution in [0.4, 0.5) is 0 Å². The maximum Gasteiger partial charge on any atom is 0.252 e. The van der Waals surface area contributed by atoms with Gasteiger partial charge in [0.05, 0.1) is 11.8 Å². The van der Waals surface area contributed by atoms with E-state index in [0.29, 0.717) is 29.7 Å². The third-order valence-electron chi connectivity index (χ3n) is 3.79. The number of hydrogen-bond acceptors (Lipinski definition) is 3. The summed E-state index contributed by atoms with van der Waals surface area (Å²) >= 11 is 0. The van der Waals surface area contributed by atoms with Crippen molar-refractivity contribution in [3.05, 3.63) is 77.9 Å². The van der Waals surface area contributed by atoms with Crippen LogP contribution in [0.15, 0.2) is 59.2 Å². The molecule has 24 heavy (non-hydrogen) atoms. The molecule has 0 aliphatic carbocycles. The lowest BCUT2D eigenvalue weighted by atomic mass is 10.0. The normalized spacial score (nSPS) is 10.7. The first-order valence-electron chi connectivity index (χ1n) is 7.60. The predicted molar refractivity (Wildman–Crippen MR) is 91.5 cm³/mol. The predicted octanol–water partition coefficient (Wildman–Crippen LogP) is 2.71. The molecule has 2 aromatic carbocycles. The molecule has 1 aromatic heterocycles. The van der Waals surface area contributed by atoms with Crippen LogP contribution < -0.4 is 11.1 Å². The molecule has 0 unspecified atom stereocenters. The molecule has 0 fully saturated rings. The molecule has 0 saturated heterocycles. The number of carbonyl (C=O) groups excluding carboxylic acids is 2. The van der Waals surface area contributed by atoms with Crippen LogP contribution in [0.1, 0.15) is 26.3 Å². The molecule has 1 heterocycles. The Kier molecular flexibility index (Phi) is 4.61. The van der Waals surface area contributed by atoms with E-state index in [1.54, 1.807) is 36.6 Å². The Morgan fingerprint density at radius 2 is 1.83 bits per heavy atom. The van der Waals surface area contributed by atoms with Crippen molar-refractivity contribution < 1.29 is 14.0 Å². The van der Waals surface area contributed by atoms with Gasteiger partial charge in [-0.15, -0.1) is 0 Å². The largest absolute Gasteiger partial charge is 0.464 e. The van der Waals surface area contributed by atoms with Gasteiger partial charge in [-0.3, -0.25) is 9.59 Å². The van der Waals surface area contributed by atoms with E-state index >= 15 is 0 Å². The molecule has 0 spiro atoms. The number of nitrogens with one attached hydrogen (secondary N) is 1. The lowest BCUT2D eigenvalue weighted by molar-refractivity contribution is 0.0956. The number of fused-ring (bicyclic) bond motifs is 1. The minimum atomic E-state index is -0.449. The SMILES string of the molecule is NC(=O)c1ccccc1C[CH]CNC(=O)c1cccc2occc12. The highest BCUT2D eigenvalue weighted by atomic mass is 16.3. The Balaban J connectivity index is 1.58. The summed E-state index contributed by atoms with van der Waals surface area (Å²) in [5.41, 5.74) is 7.96. The molecule has 2 amide bonds. The molecule has 0 atom stereocenters. The van der Waals surface area contributed by atoms with Crippen molar-refractivity contribution in [2.45, 2.75) is 6.42 Å².